The van der Waals surface area contributed by atoms with Crippen molar-refractivity contribution in [2.45, 2.75) is 26.2 Å². The van der Waals surface area contributed by atoms with Crippen LogP contribution in [0, 0.1) is 0 Å². The zero-order valence-electron chi connectivity index (χ0n) is 19.1. The summed E-state index contributed by atoms with van der Waals surface area (Å²) in [7, 11) is 1.27. The van der Waals surface area contributed by atoms with Crippen molar-refractivity contribution < 1.29 is 23.6 Å². The van der Waals surface area contributed by atoms with E-state index in [1.54, 1.807) is 48.5 Å². The quantitative estimate of drug-likeness (QED) is 0.307. The lowest BCUT2D eigenvalue weighted by atomic mass is 9.93. The van der Waals surface area contributed by atoms with Crippen LogP contribution in [-0.2, 0) is 10.2 Å². The van der Waals surface area contributed by atoms with Crippen molar-refractivity contribution in [2.24, 2.45) is 0 Å². The lowest BCUT2D eigenvalue weighted by molar-refractivity contribution is 0.186. The number of nitrogens with one attached hydrogen (secondary N) is 4. The standard InChI is InChI=1S/C23H24N6O5/c1-23(2,3)18-12-19(29-34-18)27-21(30)24-13-5-7-14(8-6-13)33-15-9-10-16-17(11-15)26-20(25-16)28-22(31)32-4/h5-12H,1-4H3,(H2,24,27,29,30)(H2,25,26,28,31). The third-order valence-corrected chi connectivity index (χ3v) is 4.70. The van der Waals surface area contributed by atoms with Crippen molar-refractivity contribution in [3.8, 4) is 11.5 Å². The largest absolute Gasteiger partial charge is 0.457 e. The van der Waals surface area contributed by atoms with Crippen molar-refractivity contribution in [3.63, 3.8) is 0 Å². The van der Waals surface area contributed by atoms with Crippen molar-refractivity contribution in [1.29, 1.82) is 0 Å². The van der Waals surface area contributed by atoms with Gasteiger partial charge < -0.3 is 24.3 Å². The molecule has 11 nitrogen and oxygen atoms in total. The minimum absolute atomic E-state index is 0.205. The van der Waals surface area contributed by atoms with Gasteiger partial charge in [-0.05, 0) is 36.4 Å². The highest BCUT2D eigenvalue weighted by atomic mass is 16.5. The molecule has 0 radical (unpaired) electrons. The minimum atomic E-state index is -0.617. The van der Waals surface area contributed by atoms with E-state index in [4.69, 9.17) is 9.26 Å². The van der Waals surface area contributed by atoms with E-state index in [9.17, 15) is 9.59 Å². The number of carbonyl (C=O) groups excluding carboxylic acids is 2. The fourth-order valence-electron chi connectivity index (χ4n) is 2.97. The third kappa shape index (κ3) is 5.44. The molecule has 0 saturated heterocycles. The maximum atomic E-state index is 12.3. The summed E-state index contributed by atoms with van der Waals surface area (Å²) in [6.45, 7) is 5.98. The number of aromatic amines is 1. The first-order valence-corrected chi connectivity index (χ1v) is 10.4. The van der Waals surface area contributed by atoms with Gasteiger partial charge in [0.05, 0.1) is 18.1 Å². The predicted molar refractivity (Wildman–Crippen MR) is 126 cm³/mol. The number of methoxy groups -OCH3 is 1. The molecule has 0 spiro atoms. The highest BCUT2D eigenvalue weighted by Gasteiger charge is 2.20. The van der Waals surface area contributed by atoms with Gasteiger partial charge in [-0.15, -0.1) is 0 Å². The van der Waals surface area contributed by atoms with Crippen LogP contribution in [0.5, 0.6) is 11.5 Å². The topological polar surface area (TPSA) is 143 Å². The van der Waals surface area contributed by atoms with Gasteiger partial charge in [0.25, 0.3) is 0 Å². The van der Waals surface area contributed by atoms with E-state index in [0.29, 0.717) is 39.8 Å². The monoisotopic (exact) mass is 464 g/mol. The molecule has 0 atom stereocenters. The van der Waals surface area contributed by atoms with Crippen molar-refractivity contribution in [1.82, 2.24) is 15.1 Å². The Labute approximate surface area is 194 Å². The Bertz CT molecular complexity index is 1320. The smallest absolute Gasteiger partial charge is 0.413 e. The summed E-state index contributed by atoms with van der Waals surface area (Å²) in [5.41, 5.74) is 1.71. The average Bonchev–Trinajstić information content (AvgIpc) is 3.41. The third-order valence-electron chi connectivity index (χ3n) is 4.70. The van der Waals surface area contributed by atoms with Crippen LogP contribution in [0.4, 0.5) is 27.0 Å². The highest BCUT2D eigenvalue weighted by molar-refractivity contribution is 5.99. The Morgan fingerprint density at radius 2 is 1.71 bits per heavy atom. The first kappa shape index (κ1) is 22.6. The fraction of sp³-hybridized carbons (Fsp3) is 0.217. The van der Waals surface area contributed by atoms with Crippen LogP contribution in [-0.4, -0.2) is 34.4 Å². The van der Waals surface area contributed by atoms with Gasteiger partial charge in [0.1, 0.15) is 17.3 Å². The van der Waals surface area contributed by atoms with Crippen LogP contribution < -0.4 is 20.7 Å². The lowest BCUT2D eigenvalue weighted by Crippen LogP contribution is -2.19. The molecule has 4 rings (SSSR count). The zero-order chi connectivity index (χ0) is 24.3. The molecule has 4 N–H and O–H groups in total. The zero-order valence-corrected chi connectivity index (χ0v) is 19.1. The number of carbonyl (C=O) groups is 2. The summed E-state index contributed by atoms with van der Waals surface area (Å²) in [4.78, 5) is 30.8. The van der Waals surface area contributed by atoms with Gasteiger partial charge in [-0.1, -0.05) is 25.9 Å². The molecule has 176 valence electrons. The van der Waals surface area contributed by atoms with E-state index in [0.717, 1.165) is 0 Å². The molecule has 0 fully saturated rings. The fourth-order valence-corrected chi connectivity index (χ4v) is 2.97. The second kappa shape index (κ2) is 9.14. The van der Waals surface area contributed by atoms with Crippen LogP contribution >= 0.6 is 0 Å². The van der Waals surface area contributed by atoms with Gasteiger partial charge in [0, 0.05) is 23.2 Å². The number of nitrogens with zero attached hydrogens (tertiary/aromatic N) is 2. The normalized spacial score (nSPS) is 11.2. The number of H-pyrrole nitrogens is 1. The number of imidazole rings is 1. The number of aromatic nitrogens is 3. The number of anilines is 3. The maximum Gasteiger partial charge on any atom is 0.413 e. The van der Waals surface area contributed by atoms with Crippen LogP contribution in [0.15, 0.2) is 53.1 Å². The van der Waals surface area contributed by atoms with E-state index in [-0.39, 0.29) is 11.4 Å². The number of rotatable bonds is 5. The van der Waals surface area contributed by atoms with Gasteiger partial charge in [-0.3, -0.25) is 10.6 Å². The van der Waals surface area contributed by atoms with Gasteiger partial charge in [0.2, 0.25) is 5.95 Å². The Morgan fingerprint density at radius 3 is 2.38 bits per heavy atom. The Morgan fingerprint density at radius 1 is 0.971 bits per heavy atom. The molecular weight excluding hydrogens is 440 g/mol. The highest BCUT2D eigenvalue weighted by Crippen LogP contribution is 2.27. The molecule has 0 bridgehead atoms. The Kier molecular flexibility index (Phi) is 6.09. The number of fused-ring (bicyclic) bond motifs is 1. The van der Waals surface area contributed by atoms with Crippen LogP contribution in [0.3, 0.4) is 0 Å². The van der Waals surface area contributed by atoms with Gasteiger partial charge in [-0.2, -0.15) is 0 Å². The van der Waals surface area contributed by atoms with Crippen LogP contribution in [0.2, 0.25) is 0 Å². The number of amides is 3. The summed E-state index contributed by atoms with van der Waals surface area (Å²) in [6.07, 6.45) is -0.617. The molecule has 3 amide bonds. The van der Waals surface area contributed by atoms with E-state index in [1.165, 1.54) is 7.11 Å². The second-order valence-corrected chi connectivity index (χ2v) is 8.41. The Hall–Kier alpha value is -4.54. The van der Waals surface area contributed by atoms with Gasteiger partial charge >= 0.3 is 12.1 Å². The number of hydrogen-bond donors (Lipinski definition) is 4. The molecule has 0 unspecified atom stereocenters. The number of ether oxygens (including phenoxy) is 2. The van der Waals surface area contributed by atoms with E-state index in [1.807, 2.05) is 20.8 Å². The van der Waals surface area contributed by atoms with Crippen molar-refractivity contribution in [3.05, 3.63) is 54.3 Å². The van der Waals surface area contributed by atoms with E-state index >= 15 is 0 Å². The molecule has 11 heteroatoms. The number of hydrogen-bond acceptors (Lipinski definition) is 7. The molecule has 34 heavy (non-hydrogen) atoms. The second-order valence-electron chi connectivity index (χ2n) is 8.41. The van der Waals surface area contributed by atoms with Gasteiger partial charge in [0.15, 0.2) is 5.82 Å². The SMILES string of the molecule is COC(=O)Nc1nc2ccc(Oc3ccc(NC(=O)Nc4cc(C(C)(C)C)on4)cc3)cc2[nH]1. The average molecular weight is 464 g/mol. The summed E-state index contributed by atoms with van der Waals surface area (Å²) < 4.78 is 15.7. The molecular formula is C23H24N6O5. The molecule has 0 aliphatic rings. The van der Waals surface area contributed by atoms with Crippen LogP contribution in [0.25, 0.3) is 11.0 Å². The molecule has 2 heterocycles. The summed E-state index contributed by atoms with van der Waals surface area (Å²) in [6, 6.07) is 13.4. The molecule has 4 aromatic rings. The first-order valence-electron chi connectivity index (χ1n) is 10.4. The molecule has 0 aliphatic heterocycles. The predicted octanol–water partition coefficient (Wildman–Crippen LogP) is 5.46. The van der Waals surface area contributed by atoms with E-state index in [2.05, 4.69) is 35.8 Å². The number of benzene rings is 2. The summed E-state index contributed by atoms with van der Waals surface area (Å²) in [5.74, 6) is 2.42. The van der Waals surface area contributed by atoms with Gasteiger partial charge in [-0.25, -0.2) is 14.6 Å². The van der Waals surface area contributed by atoms with Crippen molar-refractivity contribution in [2.75, 3.05) is 23.1 Å². The summed E-state index contributed by atoms with van der Waals surface area (Å²) in [5, 5.41) is 11.7. The summed E-state index contributed by atoms with van der Waals surface area (Å²) >= 11 is 0. The molecule has 0 saturated carbocycles. The maximum absolute atomic E-state index is 12.3. The van der Waals surface area contributed by atoms with Crippen molar-refractivity contribution >= 4 is 40.6 Å². The molecule has 0 aliphatic carbocycles. The lowest BCUT2D eigenvalue weighted by Gasteiger charge is -2.12. The molecule has 2 aromatic carbocycles. The number of urea groups is 1. The Balaban J connectivity index is 1.36. The molecule has 2 aromatic heterocycles. The first-order chi connectivity index (χ1) is 16.2. The minimum Gasteiger partial charge on any atom is -0.457 e. The van der Waals surface area contributed by atoms with E-state index < -0.39 is 12.1 Å². The van der Waals surface area contributed by atoms with Crippen LogP contribution in [0.1, 0.15) is 26.5 Å².